The summed E-state index contributed by atoms with van der Waals surface area (Å²) < 4.78 is 5.52. The van der Waals surface area contributed by atoms with Gasteiger partial charge in [-0.1, -0.05) is 36.4 Å². The summed E-state index contributed by atoms with van der Waals surface area (Å²) >= 11 is 0. The summed E-state index contributed by atoms with van der Waals surface area (Å²) in [7, 11) is 0. The minimum Gasteiger partial charge on any atom is -0.380 e. The van der Waals surface area contributed by atoms with Crippen LogP contribution in [0.1, 0.15) is 43.6 Å². The van der Waals surface area contributed by atoms with E-state index in [9.17, 15) is 0 Å². The first-order valence-electron chi connectivity index (χ1n) is 7.87. The minimum atomic E-state index is 0.679. The Morgan fingerprint density at radius 1 is 1.10 bits per heavy atom. The molecule has 1 aliphatic carbocycles. The first-order chi connectivity index (χ1) is 9.90. The van der Waals surface area contributed by atoms with E-state index in [2.05, 4.69) is 42.2 Å². The van der Waals surface area contributed by atoms with Gasteiger partial charge in [-0.3, -0.25) is 0 Å². The number of hydrogen-bond donors (Lipinski definition) is 1. The highest BCUT2D eigenvalue weighted by molar-refractivity contribution is 5.20. The van der Waals surface area contributed by atoms with Gasteiger partial charge in [-0.25, -0.2) is 0 Å². The van der Waals surface area contributed by atoms with E-state index < -0.39 is 0 Å². The zero-order valence-corrected chi connectivity index (χ0v) is 12.4. The lowest BCUT2D eigenvalue weighted by atomic mass is 9.82. The smallest absolute Gasteiger partial charge is 0.0591 e. The van der Waals surface area contributed by atoms with E-state index in [0.717, 1.165) is 32.1 Å². The Hall–Kier alpha value is -1.12. The van der Waals surface area contributed by atoms with Crippen LogP contribution in [0.25, 0.3) is 0 Å². The molecular weight excluding hydrogens is 246 g/mol. The van der Waals surface area contributed by atoms with E-state index in [0.29, 0.717) is 6.04 Å². The van der Waals surface area contributed by atoms with Gasteiger partial charge in [0, 0.05) is 12.6 Å². The van der Waals surface area contributed by atoms with Gasteiger partial charge in [0.1, 0.15) is 0 Å². The van der Waals surface area contributed by atoms with E-state index in [-0.39, 0.29) is 0 Å². The number of ether oxygens (including phenoxy) is 1. The highest BCUT2D eigenvalue weighted by Gasteiger charge is 2.21. The van der Waals surface area contributed by atoms with E-state index in [1.807, 2.05) is 6.08 Å². The molecule has 1 fully saturated rings. The Kier molecular flexibility index (Phi) is 6.82. The second-order valence-corrected chi connectivity index (χ2v) is 5.60. The van der Waals surface area contributed by atoms with E-state index in [4.69, 9.17) is 4.74 Å². The molecule has 1 aromatic carbocycles. The normalized spacial score (nSPS) is 22.6. The maximum Gasteiger partial charge on any atom is 0.0591 e. The molecule has 0 amide bonds. The third-order valence-corrected chi connectivity index (χ3v) is 4.14. The Labute approximate surface area is 123 Å². The summed E-state index contributed by atoms with van der Waals surface area (Å²) in [6.07, 6.45) is 8.02. The Morgan fingerprint density at radius 2 is 1.85 bits per heavy atom. The maximum atomic E-state index is 5.52. The number of nitrogens with one attached hydrogen (secondary N) is 1. The number of rotatable bonds is 8. The third-order valence-electron chi connectivity index (χ3n) is 4.14. The van der Waals surface area contributed by atoms with Gasteiger partial charge in [0.15, 0.2) is 0 Å². The molecular formula is C18H27NO. The van der Waals surface area contributed by atoms with Crippen molar-refractivity contribution < 1.29 is 4.74 Å². The average Bonchev–Trinajstić information content (AvgIpc) is 2.52. The highest BCUT2D eigenvalue weighted by atomic mass is 16.5. The quantitative estimate of drug-likeness (QED) is 0.573. The van der Waals surface area contributed by atoms with Gasteiger partial charge in [0.2, 0.25) is 0 Å². The van der Waals surface area contributed by atoms with Gasteiger partial charge in [0.25, 0.3) is 0 Å². The first kappa shape index (κ1) is 15.3. The van der Waals surface area contributed by atoms with Crippen molar-refractivity contribution in [3.8, 4) is 0 Å². The molecule has 0 bridgehead atoms. The van der Waals surface area contributed by atoms with Gasteiger partial charge in [-0.15, -0.1) is 6.58 Å². The van der Waals surface area contributed by atoms with Crippen molar-refractivity contribution in [2.45, 2.75) is 44.1 Å². The fraction of sp³-hybridized carbons (Fsp3) is 0.556. The predicted molar refractivity (Wildman–Crippen MR) is 85.1 cm³/mol. The molecule has 0 unspecified atom stereocenters. The van der Waals surface area contributed by atoms with Crippen molar-refractivity contribution in [1.29, 1.82) is 0 Å². The molecule has 20 heavy (non-hydrogen) atoms. The topological polar surface area (TPSA) is 21.3 Å². The largest absolute Gasteiger partial charge is 0.380 e. The van der Waals surface area contributed by atoms with Gasteiger partial charge in [-0.05, 0) is 43.6 Å². The zero-order valence-electron chi connectivity index (χ0n) is 12.4. The fourth-order valence-electron chi connectivity index (χ4n) is 2.96. The lowest BCUT2D eigenvalue weighted by Gasteiger charge is -2.29. The van der Waals surface area contributed by atoms with Crippen LogP contribution < -0.4 is 5.32 Å². The number of benzene rings is 1. The van der Waals surface area contributed by atoms with Crippen molar-refractivity contribution >= 4 is 0 Å². The van der Waals surface area contributed by atoms with Gasteiger partial charge in [0.05, 0.1) is 13.2 Å². The van der Waals surface area contributed by atoms with Crippen LogP contribution in [0.2, 0.25) is 0 Å². The monoisotopic (exact) mass is 273 g/mol. The molecule has 1 aromatic rings. The molecule has 2 rings (SSSR count). The van der Waals surface area contributed by atoms with E-state index >= 15 is 0 Å². The van der Waals surface area contributed by atoms with E-state index in [1.165, 1.54) is 31.2 Å². The summed E-state index contributed by atoms with van der Waals surface area (Å²) in [5.41, 5.74) is 1.51. The second-order valence-electron chi connectivity index (χ2n) is 5.60. The summed E-state index contributed by atoms with van der Waals surface area (Å²) in [6, 6.07) is 11.6. The summed E-state index contributed by atoms with van der Waals surface area (Å²) in [6.45, 7) is 6.27. The Morgan fingerprint density at radius 3 is 2.55 bits per heavy atom. The minimum absolute atomic E-state index is 0.679. The zero-order chi connectivity index (χ0) is 14.0. The maximum absolute atomic E-state index is 5.52. The summed E-state index contributed by atoms with van der Waals surface area (Å²) in [5.74, 6) is 0.762. The molecule has 0 spiro atoms. The molecule has 0 radical (unpaired) electrons. The van der Waals surface area contributed by atoms with Crippen LogP contribution in [0.4, 0.5) is 0 Å². The van der Waals surface area contributed by atoms with Crippen LogP contribution in [0.3, 0.4) is 0 Å². The van der Waals surface area contributed by atoms with Gasteiger partial charge >= 0.3 is 0 Å². The lowest BCUT2D eigenvalue weighted by molar-refractivity contribution is 0.136. The summed E-state index contributed by atoms with van der Waals surface area (Å²) in [4.78, 5) is 0. The van der Waals surface area contributed by atoms with Crippen molar-refractivity contribution in [2.75, 3.05) is 19.8 Å². The molecule has 1 N–H and O–H groups in total. The molecule has 110 valence electrons. The van der Waals surface area contributed by atoms with E-state index in [1.54, 1.807) is 0 Å². The van der Waals surface area contributed by atoms with Crippen LogP contribution in [0.15, 0.2) is 43.0 Å². The van der Waals surface area contributed by atoms with Crippen molar-refractivity contribution in [3.63, 3.8) is 0 Å². The SMILES string of the molecule is C=CCCOCCNC1CCC(c2ccccc2)CC1. The first-order valence-corrected chi connectivity index (χ1v) is 7.87. The Bertz CT molecular complexity index is 368. The van der Waals surface area contributed by atoms with Crippen LogP contribution in [-0.4, -0.2) is 25.8 Å². The average molecular weight is 273 g/mol. The van der Waals surface area contributed by atoms with Crippen molar-refractivity contribution in [1.82, 2.24) is 5.32 Å². The fourth-order valence-corrected chi connectivity index (χ4v) is 2.96. The standard InChI is InChI=1S/C18H27NO/c1-2-3-14-20-15-13-19-18-11-9-17(10-12-18)16-7-5-4-6-8-16/h2,4-8,17-19H,1,3,9-15H2. The second kappa shape index (κ2) is 8.93. The number of hydrogen-bond acceptors (Lipinski definition) is 2. The van der Waals surface area contributed by atoms with Crippen LogP contribution in [0.5, 0.6) is 0 Å². The van der Waals surface area contributed by atoms with Gasteiger partial charge in [-0.2, -0.15) is 0 Å². The molecule has 1 aliphatic rings. The molecule has 0 saturated heterocycles. The van der Waals surface area contributed by atoms with Crippen molar-refractivity contribution in [2.24, 2.45) is 0 Å². The predicted octanol–water partition coefficient (Wildman–Crippen LogP) is 3.90. The molecule has 2 heteroatoms. The summed E-state index contributed by atoms with van der Waals surface area (Å²) in [5, 5.41) is 3.62. The molecule has 0 aliphatic heterocycles. The van der Waals surface area contributed by atoms with Crippen LogP contribution in [-0.2, 0) is 4.74 Å². The molecule has 0 heterocycles. The van der Waals surface area contributed by atoms with Gasteiger partial charge < -0.3 is 10.1 Å². The molecule has 1 saturated carbocycles. The Balaban J connectivity index is 1.59. The third kappa shape index (κ3) is 5.10. The lowest BCUT2D eigenvalue weighted by Crippen LogP contribution is -2.35. The molecule has 0 atom stereocenters. The highest BCUT2D eigenvalue weighted by Crippen LogP contribution is 2.32. The molecule has 0 aromatic heterocycles. The molecule has 2 nitrogen and oxygen atoms in total. The van der Waals surface area contributed by atoms with Crippen LogP contribution >= 0.6 is 0 Å². The van der Waals surface area contributed by atoms with Crippen LogP contribution in [0, 0.1) is 0 Å². The van der Waals surface area contributed by atoms with Crippen molar-refractivity contribution in [3.05, 3.63) is 48.6 Å².